The van der Waals surface area contributed by atoms with Crippen molar-refractivity contribution in [3.05, 3.63) is 120 Å². The fourth-order valence-corrected chi connectivity index (χ4v) is 8.19. The number of nitrogens with one attached hydrogen (secondary N) is 3. The number of hydrogen-bond acceptors (Lipinski definition) is 12. The summed E-state index contributed by atoms with van der Waals surface area (Å²) in [5.74, 6) is -7.53. The predicted molar refractivity (Wildman–Crippen MR) is 222 cm³/mol. The fraction of sp³-hybridized carbons (Fsp3) is 0.0833. The van der Waals surface area contributed by atoms with Gasteiger partial charge in [0.1, 0.15) is 5.92 Å². The molecular weight excluding hydrogens is 997 g/mol. The number of carbonyl (C=O) groups excluding carboxylic acids is 6. The molecule has 0 bridgehead atoms. The summed E-state index contributed by atoms with van der Waals surface area (Å²) in [7, 11) is 0. The molecule has 0 radical (unpaired) electrons. The molecule has 61 heavy (non-hydrogen) atoms. The minimum atomic E-state index is -1.37. The van der Waals surface area contributed by atoms with Gasteiger partial charge in [0.15, 0.2) is 28.7 Å². The van der Waals surface area contributed by atoms with Crippen molar-refractivity contribution in [3.8, 4) is 5.88 Å². The Labute approximate surface area is 383 Å². The molecule has 2 aliphatic heterocycles. The first-order valence-electron chi connectivity index (χ1n) is 16.4. The van der Waals surface area contributed by atoms with Gasteiger partial charge in [0.2, 0.25) is 11.8 Å². The Bertz CT molecular complexity index is 3000. The quantitative estimate of drug-likeness (QED) is 0.0302. The van der Waals surface area contributed by atoms with Crippen LogP contribution in [-0.2, 0) is 26.1 Å². The van der Waals surface area contributed by atoms with Crippen molar-refractivity contribution in [2.24, 2.45) is 10.1 Å². The van der Waals surface area contributed by atoms with Crippen molar-refractivity contribution in [1.29, 1.82) is 0 Å². The molecule has 3 aromatic carbocycles. The van der Waals surface area contributed by atoms with Gasteiger partial charge in [-0.05, 0) is 24.6 Å². The molecular formula is C36H16Cl7N7NiO10. The molecule has 1 atom stereocenters. The molecule has 4 heterocycles. The van der Waals surface area contributed by atoms with Crippen LogP contribution in [-0.4, -0.2) is 71.8 Å². The maximum Gasteiger partial charge on any atom is 0.328 e. The van der Waals surface area contributed by atoms with Crippen molar-refractivity contribution in [2.75, 3.05) is 10.3 Å². The number of aliphatic hydroxyl groups is 1. The van der Waals surface area contributed by atoms with E-state index in [1.54, 1.807) is 30.1 Å². The van der Waals surface area contributed by atoms with Gasteiger partial charge in [-0.2, -0.15) is 10.1 Å². The van der Waals surface area contributed by atoms with Crippen molar-refractivity contribution < 1.29 is 55.5 Å². The van der Waals surface area contributed by atoms with Gasteiger partial charge in [-0.1, -0.05) is 99.4 Å². The average molecular weight is 1010 g/mol. The van der Waals surface area contributed by atoms with E-state index in [1.165, 1.54) is 12.1 Å². The number of hydrazone groups is 1. The van der Waals surface area contributed by atoms with Crippen LogP contribution in [0, 0.1) is 6.92 Å². The molecule has 1 unspecified atom stereocenters. The van der Waals surface area contributed by atoms with Crippen LogP contribution in [0.4, 0.5) is 11.4 Å². The molecule has 5 aromatic rings. The number of pyridine rings is 1. The number of aromatic nitrogens is 3. The van der Waals surface area contributed by atoms with Gasteiger partial charge in [-0.25, -0.2) is 14.7 Å². The van der Waals surface area contributed by atoms with Crippen LogP contribution >= 0.6 is 81.2 Å². The average Bonchev–Trinajstić information content (AvgIpc) is 3.61. The minimum absolute atomic E-state index is 0. The standard InChI is InChI=1S/C27H9Cl7N2O4.C9H7N5O6.Ni/c1-7-16(28)12-13(18(30)17(7)29)25(38)11(24(12)37)9-6-5-8-3-2-4-10(23(8)35-9)36-26(39)14-15(27(36)40)20(32)22(34)21(33)19(14)31;15-2-1-3(16)10-6(17)4(2)13-14-5-7(18)11-9(20)12-8(5)19;/h2-6,11H,1H3;14H,1H2,(H,10,16,17)(H3,11,12,18,19,20);. The third kappa shape index (κ3) is 7.50. The number of hydrogen-bond donors (Lipinski definition) is 5. The van der Waals surface area contributed by atoms with Gasteiger partial charge in [-0.15, -0.1) is 0 Å². The zero-order valence-electron chi connectivity index (χ0n) is 29.6. The first-order chi connectivity index (χ1) is 28.3. The number of fused-ring (bicyclic) bond motifs is 3. The Morgan fingerprint density at radius 1 is 0.738 bits per heavy atom. The zero-order valence-corrected chi connectivity index (χ0v) is 35.9. The van der Waals surface area contributed by atoms with Gasteiger partial charge >= 0.3 is 5.69 Å². The summed E-state index contributed by atoms with van der Waals surface area (Å²) in [4.78, 5) is 111. The minimum Gasteiger partial charge on any atom is -0.493 e. The Balaban J connectivity index is 0.000000250. The Hall–Kier alpha value is -5.17. The second kappa shape index (κ2) is 16.9. The number of aromatic hydroxyl groups is 1. The summed E-state index contributed by atoms with van der Waals surface area (Å²) >= 11 is 43.8. The maximum absolute atomic E-state index is 13.5. The SMILES string of the molecule is Cc1c(Cl)c(Cl)c2c(c1Cl)C(=O)C(c1ccc3cccc(N4C(=O)c5c(Cl)c(Cl)c(Cl)c(Cl)c5C4=O)c3n1)C2=O.O=C1CC(=O)C(=NNc2c(O)[nH]c(=O)[nH]c2=O)C(O)=N1.[Ni]. The number of para-hydroxylation sites is 1. The number of rotatable bonds is 4. The molecule has 3 amide bonds. The first kappa shape index (κ1) is 45.4. The van der Waals surface area contributed by atoms with E-state index in [9.17, 15) is 48.6 Å². The van der Waals surface area contributed by atoms with E-state index < -0.39 is 81.8 Å². The summed E-state index contributed by atoms with van der Waals surface area (Å²) in [6.45, 7) is 1.59. The molecule has 17 nitrogen and oxygen atoms in total. The fourth-order valence-electron chi connectivity index (χ4n) is 6.33. The Morgan fingerprint density at radius 3 is 1.89 bits per heavy atom. The number of aliphatic hydroxyl groups excluding tert-OH is 1. The molecule has 2 aromatic heterocycles. The second-order valence-electron chi connectivity index (χ2n) is 12.6. The Morgan fingerprint density at radius 2 is 1.31 bits per heavy atom. The number of Topliss-reactive ketones (excluding diaryl/α,β-unsaturated/α-hetero) is 3. The molecule has 3 aliphatic rings. The topological polar surface area (TPSA) is 261 Å². The van der Waals surface area contributed by atoms with Gasteiger partial charge in [0, 0.05) is 21.9 Å². The van der Waals surface area contributed by atoms with E-state index in [4.69, 9.17) is 81.2 Å². The van der Waals surface area contributed by atoms with Crippen LogP contribution in [0.2, 0.25) is 35.2 Å². The number of nitrogens with zero attached hydrogens (tertiary/aromatic N) is 4. The van der Waals surface area contributed by atoms with Crippen molar-refractivity contribution >= 4 is 150 Å². The van der Waals surface area contributed by atoms with Crippen LogP contribution in [0.1, 0.15) is 65.0 Å². The molecule has 8 rings (SSSR count). The molecule has 0 fully saturated rings. The summed E-state index contributed by atoms with van der Waals surface area (Å²) in [6, 6.07) is 7.89. The molecule has 5 N–H and O–H groups in total. The zero-order chi connectivity index (χ0) is 43.8. The predicted octanol–water partition coefficient (Wildman–Crippen LogP) is 7.07. The number of amides is 3. The molecule has 0 spiro atoms. The smallest absolute Gasteiger partial charge is 0.328 e. The number of anilines is 2. The third-order valence-corrected chi connectivity index (χ3v) is 12.4. The number of halogens is 7. The molecule has 25 heteroatoms. The van der Waals surface area contributed by atoms with E-state index in [1.807, 2.05) is 10.4 Å². The summed E-state index contributed by atoms with van der Waals surface area (Å²) < 4.78 is 0. The van der Waals surface area contributed by atoms with Gasteiger partial charge < -0.3 is 10.2 Å². The maximum atomic E-state index is 13.5. The summed E-state index contributed by atoms with van der Waals surface area (Å²) in [6.07, 6.45) is -0.571. The van der Waals surface area contributed by atoms with E-state index in [0.717, 1.165) is 4.90 Å². The Kier molecular flexibility index (Phi) is 12.6. The number of aromatic amines is 2. The molecule has 0 saturated carbocycles. The third-order valence-electron chi connectivity index (χ3n) is 9.14. The normalized spacial score (nSPS) is 16.4. The molecule has 1 aliphatic carbocycles. The van der Waals surface area contributed by atoms with E-state index >= 15 is 0 Å². The molecule has 314 valence electrons. The second-order valence-corrected chi connectivity index (χ2v) is 15.3. The first-order valence-corrected chi connectivity index (χ1v) is 19.0. The number of aliphatic imine (C=N–C) groups is 1. The number of H-pyrrole nitrogens is 2. The van der Waals surface area contributed by atoms with Gasteiger partial charge in [-0.3, -0.25) is 49.0 Å². The van der Waals surface area contributed by atoms with Crippen LogP contribution in [0.15, 0.2) is 50.0 Å². The summed E-state index contributed by atoms with van der Waals surface area (Å²) in [5.41, 5.74) is -0.910. The van der Waals surface area contributed by atoms with E-state index in [2.05, 4.69) is 15.1 Å². The van der Waals surface area contributed by atoms with Crippen LogP contribution in [0.25, 0.3) is 10.9 Å². The van der Waals surface area contributed by atoms with Gasteiger partial charge in [0.25, 0.3) is 23.3 Å². The largest absolute Gasteiger partial charge is 0.493 e. The van der Waals surface area contributed by atoms with Crippen LogP contribution in [0.3, 0.4) is 0 Å². The van der Waals surface area contributed by atoms with E-state index in [-0.39, 0.29) is 90.8 Å². The summed E-state index contributed by atoms with van der Waals surface area (Å²) in [5, 5.41) is 21.8. The number of benzene rings is 3. The van der Waals surface area contributed by atoms with Crippen molar-refractivity contribution in [1.82, 2.24) is 15.0 Å². The number of imide groups is 1. The number of ketones is 3. The molecule has 0 saturated heterocycles. The van der Waals surface area contributed by atoms with Gasteiger partial charge in [0.05, 0.1) is 80.7 Å². The van der Waals surface area contributed by atoms with Crippen molar-refractivity contribution in [3.63, 3.8) is 0 Å². The number of carbonyl (C=O) groups is 6. The van der Waals surface area contributed by atoms with Crippen LogP contribution < -0.4 is 21.6 Å². The van der Waals surface area contributed by atoms with Crippen molar-refractivity contribution in [2.45, 2.75) is 19.3 Å². The van der Waals surface area contributed by atoms with E-state index in [0.29, 0.717) is 10.9 Å². The van der Waals surface area contributed by atoms with Crippen LogP contribution in [0.5, 0.6) is 5.88 Å². The monoisotopic (exact) mass is 1010 g/mol.